The van der Waals surface area contributed by atoms with Crippen LogP contribution in [-0.2, 0) is 11.3 Å². The molecule has 3 atom stereocenters. The number of nitrogens with zero attached hydrogens (tertiary/aromatic N) is 2. The molecule has 5 rings (SSSR count). The summed E-state index contributed by atoms with van der Waals surface area (Å²) in [5.74, 6) is 2.33. The number of nitrogens with one attached hydrogen (secondary N) is 1. The lowest BCUT2D eigenvalue weighted by atomic mass is 10.1. The minimum atomic E-state index is -0.0649. The average molecular weight is 403 g/mol. The monoisotopic (exact) mass is 403 g/mol. The molecule has 0 amide bonds. The Morgan fingerprint density at radius 2 is 2.03 bits per heavy atom. The fourth-order valence-electron chi connectivity index (χ4n) is 3.82. The summed E-state index contributed by atoms with van der Waals surface area (Å²) >= 11 is 0. The molecule has 6 nitrogen and oxygen atoms in total. The molecule has 0 saturated carbocycles. The van der Waals surface area contributed by atoms with E-state index in [4.69, 9.17) is 19.2 Å². The van der Waals surface area contributed by atoms with Gasteiger partial charge in [0.15, 0.2) is 0 Å². The third kappa shape index (κ3) is 4.24. The van der Waals surface area contributed by atoms with Gasteiger partial charge in [-0.25, -0.2) is 0 Å². The molecule has 0 bridgehead atoms. The summed E-state index contributed by atoms with van der Waals surface area (Å²) in [6.07, 6.45) is 8.02. The average Bonchev–Trinajstić information content (AvgIpc) is 3.47. The van der Waals surface area contributed by atoms with Crippen molar-refractivity contribution in [2.75, 3.05) is 13.2 Å². The Hall–Kier alpha value is -3.12. The highest BCUT2D eigenvalue weighted by Crippen LogP contribution is 2.29. The highest BCUT2D eigenvalue weighted by atomic mass is 16.5. The quantitative estimate of drug-likeness (QED) is 0.768. The molecule has 3 heterocycles. The van der Waals surface area contributed by atoms with Gasteiger partial charge in [-0.05, 0) is 42.7 Å². The van der Waals surface area contributed by atoms with E-state index in [0.717, 1.165) is 47.9 Å². The number of benzene rings is 2. The van der Waals surface area contributed by atoms with E-state index in [2.05, 4.69) is 28.5 Å². The van der Waals surface area contributed by atoms with Crippen LogP contribution in [0.25, 0.3) is 0 Å². The van der Waals surface area contributed by atoms with Gasteiger partial charge in [0.25, 0.3) is 0 Å². The van der Waals surface area contributed by atoms with Gasteiger partial charge in [0.1, 0.15) is 42.8 Å². The van der Waals surface area contributed by atoms with Gasteiger partial charge in [0, 0.05) is 12.8 Å². The van der Waals surface area contributed by atoms with Crippen LogP contribution in [-0.4, -0.2) is 43.6 Å². The Morgan fingerprint density at radius 1 is 1.10 bits per heavy atom. The predicted octanol–water partition coefficient (Wildman–Crippen LogP) is 3.51. The van der Waals surface area contributed by atoms with Crippen LogP contribution < -0.4 is 14.8 Å². The van der Waals surface area contributed by atoms with Crippen LogP contribution in [0.3, 0.4) is 0 Å². The van der Waals surface area contributed by atoms with Crippen LogP contribution >= 0.6 is 0 Å². The van der Waals surface area contributed by atoms with Crippen molar-refractivity contribution < 1.29 is 14.2 Å². The van der Waals surface area contributed by atoms with Crippen LogP contribution in [0.1, 0.15) is 24.0 Å². The van der Waals surface area contributed by atoms with Crippen molar-refractivity contribution in [3.63, 3.8) is 0 Å². The van der Waals surface area contributed by atoms with E-state index in [0.29, 0.717) is 13.2 Å². The van der Waals surface area contributed by atoms with Gasteiger partial charge in [0.2, 0.25) is 0 Å². The maximum Gasteiger partial charge on any atom is 0.146 e. The molecule has 2 aromatic carbocycles. The first-order chi connectivity index (χ1) is 14.8. The van der Waals surface area contributed by atoms with Crippen LogP contribution in [0.15, 0.2) is 70.7 Å². The van der Waals surface area contributed by atoms with Gasteiger partial charge in [-0.3, -0.25) is 9.98 Å². The lowest BCUT2D eigenvalue weighted by Gasteiger charge is -2.17. The molecule has 6 heteroatoms. The van der Waals surface area contributed by atoms with Crippen molar-refractivity contribution in [1.82, 2.24) is 5.32 Å². The first kappa shape index (κ1) is 18.9. The van der Waals surface area contributed by atoms with Crippen molar-refractivity contribution in [3.8, 4) is 11.5 Å². The van der Waals surface area contributed by atoms with Gasteiger partial charge in [-0.1, -0.05) is 36.4 Å². The van der Waals surface area contributed by atoms with Crippen molar-refractivity contribution in [3.05, 3.63) is 71.8 Å². The predicted molar refractivity (Wildman–Crippen MR) is 117 cm³/mol. The van der Waals surface area contributed by atoms with Crippen molar-refractivity contribution in [1.29, 1.82) is 0 Å². The first-order valence-corrected chi connectivity index (χ1v) is 10.4. The zero-order chi connectivity index (χ0) is 20.2. The van der Waals surface area contributed by atoms with Gasteiger partial charge in [0.05, 0.1) is 11.7 Å². The Morgan fingerprint density at radius 3 is 2.87 bits per heavy atom. The van der Waals surface area contributed by atoms with E-state index in [-0.39, 0.29) is 18.3 Å². The fraction of sp³-hybridized carbons (Fsp3) is 0.333. The smallest absolute Gasteiger partial charge is 0.146 e. The maximum absolute atomic E-state index is 6.15. The SMILES string of the molecule is C1=CC2N=C(c3cc(OCc4ccccc4)ccc3OCC3CCCO3)NC2N=C1. The normalized spacial score (nSPS) is 24.3. The Bertz CT molecular complexity index is 965. The number of amidine groups is 1. The largest absolute Gasteiger partial charge is 0.490 e. The molecular formula is C24H25N3O3. The van der Waals surface area contributed by atoms with Gasteiger partial charge < -0.3 is 19.5 Å². The summed E-state index contributed by atoms with van der Waals surface area (Å²) in [4.78, 5) is 9.29. The number of ether oxygens (including phenoxy) is 3. The number of hydrogen-bond donors (Lipinski definition) is 1. The Kier molecular flexibility index (Phi) is 5.48. The fourth-order valence-corrected chi connectivity index (χ4v) is 3.82. The molecule has 1 N–H and O–H groups in total. The van der Waals surface area contributed by atoms with E-state index in [1.54, 1.807) is 6.21 Å². The van der Waals surface area contributed by atoms with Crippen LogP contribution in [0.4, 0.5) is 0 Å². The molecule has 3 unspecified atom stereocenters. The lowest BCUT2D eigenvalue weighted by Crippen LogP contribution is -2.34. The molecule has 0 radical (unpaired) electrons. The van der Waals surface area contributed by atoms with Crippen molar-refractivity contribution in [2.45, 2.75) is 37.8 Å². The first-order valence-electron chi connectivity index (χ1n) is 10.4. The maximum atomic E-state index is 6.15. The van der Waals surface area contributed by atoms with Gasteiger partial charge >= 0.3 is 0 Å². The lowest BCUT2D eigenvalue weighted by molar-refractivity contribution is 0.0678. The highest BCUT2D eigenvalue weighted by Gasteiger charge is 2.29. The minimum Gasteiger partial charge on any atom is -0.490 e. The second-order valence-corrected chi connectivity index (χ2v) is 7.62. The molecule has 0 spiro atoms. The second kappa shape index (κ2) is 8.71. The summed E-state index contributed by atoms with van der Waals surface area (Å²) in [5, 5.41) is 3.41. The molecule has 0 aliphatic carbocycles. The van der Waals surface area contributed by atoms with Crippen LogP contribution in [0.5, 0.6) is 11.5 Å². The molecule has 1 saturated heterocycles. The minimum absolute atomic E-state index is 0.00455. The second-order valence-electron chi connectivity index (χ2n) is 7.62. The van der Waals surface area contributed by atoms with Crippen molar-refractivity contribution in [2.24, 2.45) is 9.98 Å². The number of allylic oxidation sites excluding steroid dienone is 1. The topological polar surface area (TPSA) is 64.4 Å². The molecule has 0 aromatic heterocycles. The number of rotatable bonds is 7. The summed E-state index contributed by atoms with van der Waals surface area (Å²) in [6.45, 7) is 1.86. The number of dihydropyridines is 1. The van der Waals surface area contributed by atoms with E-state index in [1.807, 2.05) is 42.5 Å². The van der Waals surface area contributed by atoms with Gasteiger partial charge in [-0.2, -0.15) is 0 Å². The number of hydrogen-bond acceptors (Lipinski definition) is 6. The van der Waals surface area contributed by atoms with E-state index < -0.39 is 0 Å². The molecule has 1 fully saturated rings. The third-order valence-electron chi connectivity index (χ3n) is 5.43. The molecule has 3 aliphatic rings. The Balaban J connectivity index is 1.37. The van der Waals surface area contributed by atoms with E-state index >= 15 is 0 Å². The summed E-state index contributed by atoms with van der Waals surface area (Å²) in [6, 6.07) is 16.0. The van der Waals surface area contributed by atoms with Gasteiger partial charge in [-0.15, -0.1) is 0 Å². The molecular weight excluding hydrogens is 378 g/mol. The number of aliphatic imine (C=N–C) groups is 2. The molecule has 154 valence electrons. The zero-order valence-electron chi connectivity index (χ0n) is 16.7. The van der Waals surface area contributed by atoms with E-state index in [9.17, 15) is 0 Å². The van der Waals surface area contributed by atoms with Crippen molar-refractivity contribution >= 4 is 12.1 Å². The Labute approximate surface area is 176 Å². The summed E-state index contributed by atoms with van der Waals surface area (Å²) in [7, 11) is 0. The third-order valence-corrected chi connectivity index (χ3v) is 5.43. The van der Waals surface area contributed by atoms with Crippen LogP contribution in [0, 0.1) is 0 Å². The molecule has 2 aromatic rings. The summed E-state index contributed by atoms with van der Waals surface area (Å²) < 4.78 is 17.9. The highest BCUT2D eigenvalue weighted by molar-refractivity contribution is 6.03. The number of fused-ring (bicyclic) bond motifs is 1. The standard InChI is InChI=1S/C24H25N3O3/c1-2-6-17(7-3-1)15-29-18-10-11-22(30-16-19-8-5-13-28-19)20(14-18)23-26-21-9-4-12-25-24(21)27-23/h1-4,6-7,9-12,14,19,21,24H,5,8,13,15-16H2,(H,26,27). The summed E-state index contributed by atoms with van der Waals surface area (Å²) in [5.41, 5.74) is 2.01. The zero-order valence-corrected chi connectivity index (χ0v) is 16.7. The van der Waals surface area contributed by atoms with Crippen LogP contribution in [0.2, 0.25) is 0 Å². The van der Waals surface area contributed by atoms with E-state index in [1.165, 1.54) is 0 Å². The molecule has 30 heavy (non-hydrogen) atoms. The molecule has 3 aliphatic heterocycles.